The molecule has 0 spiro atoms. The summed E-state index contributed by atoms with van der Waals surface area (Å²) in [7, 11) is 2.07. The smallest absolute Gasteiger partial charge is 0.194 e. The van der Waals surface area contributed by atoms with Crippen molar-refractivity contribution in [2.24, 2.45) is 4.99 Å². The number of likely N-dealkylation sites (N-methyl/N-ethyl adjacent to an activating group) is 1. The minimum Gasteiger partial charge on any atom is -0.469 e. The van der Waals surface area contributed by atoms with Gasteiger partial charge in [0.2, 0.25) is 0 Å². The summed E-state index contributed by atoms with van der Waals surface area (Å²) < 4.78 is 5.40. The van der Waals surface area contributed by atoms with Crippen molar-refractivity contribution in [1.82, 2.24) is 15.2 Å². The van der Waals surface area contributed by atoms with Crippen molar-refractivity contribution in [1.29, 1.82) is 0 Å². The molecule has 5 nitrogen and oxygen atoms in total. The van der Waals surface area contributed by atoms with Crippen LogP contribution < -0.4 is 5.32 Å². The van der Waals surface area contributed by atoms with Gasteiger partial charge in [0.1, 0.15) is 5.76 Å². The fourth-order valence-electron chi connectivity index (χ4n) is 2.56. The maximum Gasteiger partial charge on any atom is 0.194 e. The Morgan fingerprint density at radius 2 is 2.08 bits per heavy atom. The summed E-state index contributed by atoms with van der Waals surface area (Å²) in [5.41, 5.74) is 1.20. The third-order valence-corrected chi connectivity index (χ3v) is 4.83. The molecule has 0 aliphatic heterocycles. The number of benzene rings is 1. The molecule has 6 heteroatoms. The number of aromatic nitrogens is 1. The summed E-state index contributed by atoms with van der Waals surface area (Å²) in [5.74, 6) is 1.88. The highest BCUT2D eigenvalue weighted by Gasteiger charge is 2.08. The van der Waals surface area contributed by atoms with E-state index in [1.165, 1.54) is 5.56 Å². The van der Waals surface area contributed by atoms with Crippen LogP contribution in [-0.4, -0.2) is 36.0 Å². The molecule has 2 heterocycles. The number of furan rings is 1. The van der Waals surface area contributed by atoms with Gasteiger partial charge in [-0.2, -0.15) is 0 Å². The van der Waals surface area contributed by atoms with E-state index < -0.39 is 0 Å². The molecule has 0 radical (unpaired) electrons. The minimum absolute atomic E-state index is 0.658. The topological polar surface area (TPSA) is 53.7 Å². The Balaban J connectivity index is 1.59. The summed E-state index contributed by atoms with van der Waals surface area (Å²) >= 11 is 1.69. The third kappa shape index (κ3) is 5.74. The molecular weight excluding hydrogens is 344 g/mol. The van der Waals surface area contributed by atoms with Crippen molar-refractivity contribution in [2.45, 2.75) is 19.4 Å². The first-order valence-electron chi connectivity index (χ1n) is 8.75. The fourth-order valence-corrected chi connectivity index (χ4v) is 3.17. The summed E-state index contributed by atoms with van der Waals surface area (Å²) in [4.78, 5) is 11.3. The lowest BCUT2D eigenvalue weighted by atomic mass is 10.2. The van der Waals surface area contributed by atoms with E-state index in [0.29, 0.717) is 6.54 Å². The Hall–Kier alpha value is -2.60. The second-order valence-electron chi connectivity index (χ2n) is 5.98. The second kappa shape index (κ2) is 9.77. The van der Waals surface area contributed by atoms with Crippen molar-refractivity contribution < 1.29 is 4.42 Å². The molecule has 136 valence electrons. The molecule has 0 aliphatic rings. The zero-order valence-corrected chi connectivity index (χ0v) is 15.8. The number of hydrogen-bond donors (Lipinski definition) is 1. The van der Waals surface area contributed by atoms with Crippen LogP contribution in [-0.2, 0) is 19.4 Å². The average Bonchev–Trinajstić information content (AvgIpc) is 3.37. The van der Waals surface area contributed by atoms with E-state index in [4.69, 9.17) is 9.41 Å². The lowest BCUT2D eigenvalue weighted by Gasteiger charge is -2.22. The Labute approximate surface area is 158 Å². The monoisotopic (exact) mass is 368 g/mol. The molecule has 0 fully saturated rings. The zero-order valence-electron chi connectivity index (χ0n) is 15.0. The number of rotatable bonds is 8. The molecule has 0 saturated heterocycles. The van der Waals surface area contributed by atoms with E-state index in [0.717, 1.165) is 42.7 Å². The van der Waals surface area contributed by atoms with Crippen molar-refractivity contribution in [3.8, 4) is 0 Å². The molecule has 0 atom stereocenters. The summed E-state index contributed by atoms with van der Waals surface area (Å²) in [5, 5.41) is 6.62. The van der Waals surface area contributed by atoms with Gasteiger partial charge in [0.05, 0.1) is 17.8 Å². The molecule has 3 rings (SSSR count). The first-order valence-corrected chi connectivity index (χ1v) is 9.63. The van der Waals surface area contributed by atoms with Gasteiger partial charge < -0.3 is 14.6 Å². The lowest BCUT2D eigenvalue weighted by molar-refractivity contribution is 0.474. The fraction of sp³-hybridized carbons (Fsp3) is 0.300. The molecule has 26 heavy (non-hydrogen) atoms. The van der Waals surface area contributed by atoms with Crippen LogP contribution in [0.5, 0.6) is 0 Å². The molecule has 2 aromatic heterocycles. The summed E-state index contributed by atoms with van der Waals surface area (Å²) in [6.07, 6.45) is 5.31. The van der Waals surface area contributed by atoms with Gasteiger partial charge in [-0.25, -0.2) is 9.98 Å². The quantitative estimate of drug-likeness (QED) is 0.488. The van der Waals surface area contributed by atoms with Crippen LogP contribution in [0.15, 0.2) is 69.7 Å². The van der Waals surface area contributed by atoms with E-state index in [1.807, 2.05) is 41.9 Å². The Bertz CT molecular complexity index is 770. The van der Waals surface area contributed by atoms with E-state index in [2.05, 4.69) is 34.4 Å². The van der Waals surface area contributed by atoms with Crippen LogP contribution in [0.3, 0.4) is 0 Å². The van der Waals surface area contributed by atoms with Crippen molar-refractivity contribution in [3.63, 3.8) is 0 Å². The average molecular weight is 369 g/mol. The molecule has 1 N–H and O–H groups in total. The number of hydrogen-bond acceptors (Lipinski definition) is 4. The molecule has 0 bridgehead atoms. The zero-order chi connectivity index (χ0) is 18.0. The van der Waals surface area contributed by atoms with E-state index in [9.17, 15) is 0 Å². The number of thiazole rings is 1. The first-order chi connectivity index (χ1) is 12.8. The van der Waals surface area contributed by atoms with Crippen LogP contribution in [0.4, 0.5) is 0 Å². The van der Waals surface area contributed by atoms with Gasteiger partial charge in [0, 0.05) is 44.6 Å². The van der Waals surface area contributed by atoms with Gasteiger partial charge in [0.25, 0.3) is 0 Å². The normalized spacial score (nSPS) is 11.5. The SMILES string of the molecule is CN(CCc1nccs1)C(=NCc1ccccc1)NCCc1ccco1. The predicted molar refractivity (Wildman–Crippen MR) is 106 cm³/mol. The van der Waals surface area contributed by atoms with Crippen LogP contribution in [0.2, 0.25) is 0 Å². The van der Waals surface area contributed by atoms with Crippen LogP contribution in [0.1, 0.15) is 16.3 Å². The van der Waals surface area contributed by atoms with Gasteiger partial charge in [-0.05, 0) is 17.7 Å². The summed E-state index contributed by atoms with van der Waals surface area (Å²) in [6, 6.07) is 14.2. The predicted octanol–water partition coefficient (Wildman–Crippen LogP) is 3.60. The standard InChI is InChI=1S/C20H24N4OS/c1-24(13-10-19-21-12-15-26-19)20(22-11-9-18-8-5-14-25-18)23-16-17-6-3-2-4-7-17/h2-8,12,14-15H,9-11,13,16H2,1H3,(H,22,23). The lowest BCUT2D eigenvalue weighted by Crippen LogP contribution is -2.40. The van der Waals surface area contributed by atoms with Gasteiger partial charge in [-0.1, -0.05) is 30.3 Å². The third-order valence-electron chi connectivity index (χ3n) is 3.99. The Kier molecular flexibility index (Phi) is 6.84. The summed E-state index contributed by atoms with van der Waals surface area (Å²) in [6.45, 7) is 2.31. The molecule has 0 unspecified atom stereocenters. The molecule has 3 aromatic rings. The van der Waals surface area contributed by atoms with Crippen LogP contribution in [0.25, 0.3) is 0 Å². The molecule has 0 saturated carbocycles. The second-order valence-corrected chi connectivity index (χ2v) is 6.96. The van der Waals surface area contributed by atoms with E-state index >= 15 is 0 Å². The van der Waals surface area contributed by atoms with E-state index in [-0.39, 0.29) is 0 Å². The Morgan fingerprint density at radius 1 is 1.19 bits per heavy atom. The van der Waals surface area contributed by atoms with Crippen molar-refractivity contribution >= 4 is 17.3 Å². The maximum absolute atomic E-state index is 5.40. The van der Waals surface area contributed by atoms with Crippen molar-refractivity contribution in [2.75, 3.05) is 20.1 Å². The largest absolute Gasteiger partial charge is 0.469 e. The maximum atomic E-state index is 5.40. The van der Waals surface area contributed by atoms with Gasteiger partial charge in [-0.3, -0.25) is 0 Å². The van der Waals surface area contributed by atoms with Crippen LogP contribution >= 0.6 is 11.3 Å². The number of nitrogens with one attached hydrogen (secondary N) is 1. The molecule has 1 aromatic carbocycles. The molecule has 0 amide bonds. The highest BCUT2D eigenvalue weighted by Crippen LogP contribution is 2.06. The van der Waals surface area contributed by atoms with Crippen molar-refractivity contribution in [3.05, 3.63) is 76.6 Å². The number of guanidine groups is 1. The van der Waals surface area contributed by atoms with Gasteiger partial charge in [-0.15, -0.1) is 11.3 Å². The molecular formula is C20H24N4OS. The Morgan fingerprint density at radius 3 is 2.81 bits per heavy atom. The van der Waals surface area contributed by atoms with E-state index in [1.54, 1.807) is 17.6 Å². The first kappa shape index (κ1) is 18.2. The minimum atomic E-state index is 0.658. The number of aliphatic imine (C=N–C) groups is 1. The highest BCUT2D eigenvalue weighted by molar-refractivity contribution is 7.09. The van der Waals surface area contributed by atoms with Gasteiger partial charge in [0.15, 0.2) is 5.96 Å². The van der Waals surface area contributed by atoms with Gasteiger partial charge >= 0.3 is 0 Å². The number of nitrogens with zero attached hydrogens (tertiary/aromatic N) is 3. The molecule has 0 aliphatic carbocycles. The van der Waals surface area contributed by atoms with Crippen LogP contribution in [0, 0.1) is 0 Å². The highest BCUT2D eigenvalue weighted by atomic mass is 32.1.